The zero-order valence-corrected chi connectivity index (χ0v) is 5.67. The Hall–Kier alpha value is -1.51. The van der Waals surface area contributed by atoms with Crippen LogP contribution in [0.25, 0.3) is 26.4 Å². The van der Waals surface area contributed by atoms with E-state index in [1.807, 2.05) is 0 Å². The fourth-order valence-corrected chi connectivity index (χ4v) is 0. The predicted octanol–water partition coefficient (Wildman–Crippen LogP) is 1.09. The third kappa shape index (κ3) is 157. The molecule has 11 heteroatoms. The molecule has 0 aliphatic heterocycles. The minimum Gasteiger partial charge on any atom is -0.373 e. The van der Waals surface area contributed by atoms with E-state index >= 15 is 0 Å². The quantitative estimate of drug-likeness (QED) is 0.219. The average Bonchev–Trinajstić information content (AvgIpc) is 1.62. The van der Waals surface area contributed by atoms with Crippen LogP contribution in [0.5, 0.6) is 0 Å². The smallest absolute Gasteiger partial charge is 0.373 e. The molecule has 0 spiro atoms. The first kappa shape index (κ1) is 16.2. The molecular formula is H3N6O4S-. The molecule has 10 nitrogen and oxygen atoms in total. The van der Waals surface area contributed by atoms with Crippen molar-refractivity contribution in [3.8, 4) is 0 Å². The van der Waals surface area contributed by atoms with E-state index in [1.54, 1.807) is 4.91 Å². The van der Waals surface area contributed by atoms with Crippen LogP contribution in [0.2, 0.25) is 0 Å². The van der Waals surface area contributed by atoms with Crippen LogP contribution in [-0.2, 0) is 10.4 Å². The molecule has 64 valence electrons. The number of hydrogen-bond donors (Lipinski definition) is 3. The molecular weight excluding hydrogens is 180 g/mol. The van der Waals surface area contributed by atoms with E-state index in [-0.39, 0.29) is 0 Å². The Labute approximate surface area is 60.9 Å². The van der Waals surface area contributed by atoms with Gasteiger partial charge in [0.1, 0.15) is 0 Å². The Bertz CT molecular complexity index is 205. The van der Waals surface area contributed by atoms with E-state index in [1.165, 1.54) is 4.91 Å². The van der Waals surface area contributed by atoms with Crippen molar-refractivity contribution in [3.63, 3.8) is 0 Å². The predicted molar refractivity (Wildman–Crippen MR) is 33.7 cm³/mol. The second kappa shape index (κ2) is 11.3. The van der Waals surface area contributed by atoms with Gasteiger partial charge in [0, 0.05) is 0 Å². The van der Waals surface area contributed by atoms with Crippen LogP contribution >= 0.6 is 0 Å². The van der Waals surface area contributed by atoms with E-state index in [0.717, 1.165) is 0 Å². The monoisotopic (exact) mass is 183 g/mol. The molecule has 0 radical (unpaired) electrons. The summed E-state index contributed by atoms with van der Waals surface area (Å²) >= 11 is 0. The Morgan fingerprint density at radius 2 is 1.18 bits per heavy atom. The lowest BCUT2D eigenvalue weighted by atomic mass is 13.0. The molecule has 0 bridgehead atoms. The summed E-state index contributed by atoms with van der Waals surface area (Å²) in [6.07, 6.45) is 0. The van der Waals surface area contributed by atoms with E-state index < -0.39 is 10.4 Å². The molecule has 0 aromatic heterocycles. The highest BCUT2D eigenvalue weighted by molar-refractivity contribution is 7.79. The normalized spacial score (nSPS) is 6.73. The van der Waals surface area contributed by atoms with Gasteiger partial charge in [-0.15, -0.1) is 5.53 Å². The van der Waals surface area contributed by atoms with Gasteiger partial charge in [-0.2, -0.15) is 8.42 Å². The molecule has 0 saturated carbocycles. The summed E-state index contributed by atoms with van der Waals surface area (Å²) in [5, 5.41) is 0. The molecule has 0 aliphatic rings. The summed E-state index contributed by atoms with van der Waals surface area (Å²) in [5.41, 5.74) is 25.8. The van der Waals surface area contributed by atoms with Crippen molar-refractivity contribution in [2.45, 2.75) is 0 Å². The highest BCUT2D eigenvalue weighted by atomic mass is 32.3. The number of rotatable bonds is 0. The lowest BCUT2D eigenvalue weighted by molar-refractivity contribution is 0.381. The van der Waals surface area contributed by atoms with E-state index in [9.17, 15) is 0 Å². The molecule has 0 aromatic carbocycles. The molecule has 0 aliphatic carbocycles. The van der Waals surface area contributed by atoms with Gasteiger partial charge in [-0.05, 0) is 10.4 Å². The first-order chi connectivity index (χ1) is 4.83. The van der Waals surface area contributed by atoms with Gasteiger partial charge in [0.15, 0.2) is 0 Å². The fraction of sp³-hybridized carbons (Fsp3) is 0. The van der Waals surface area contributed by atoms with E-state index in [2.05, 4.69) is 0 Å². The largest absolute Gasteiger partial charge is 0.394 e. The van der Waals surface area contributed by atoms with Crippen LogP contribution in [0, 0.1) is 5.53 Å². The molecule has 0 amide bonds. The van der Waals surface area contributed by atoms with Crippen LogP contribution in [0.1, 0.15) is 0 Å². The van der Waals surface area contributed by atoms with Crippen molar-refractivity contribution in [2.75, 3.05) is 0 Å². The second-order valence-corrected chi connectivity index (χ2v) is 1.53. The minimum absolute atomic E-state index is 1.50. The fourth-order valence-electron chi connectivity index (χ4n) is 0. The van der Waals surface area contributed by atoms with Crippen molar-refractivity contribution >= 4 is 10.4 Å². The maximum atomic E-state index is 8.74. The lowest BCUT2D eigenvalue weighted by Crippen LogP contribution is -1.89. The van der Waals surface area contributed by atoms with Gasteiger partial charge in [-0.25, -0.2) is 0 Å². The van der Waals surface area contributed by atoms with Crippen molar-refractivity contribution in [1.29, 1.82) is 5.53 Å². The Morgan fingerprint density at radius 1 is 1.18 bits per heavy atom. The van der Waals surface area contributed by atoms with Gasteiger partial charge < -0.3 is 11.1 Å². The Balaban J connectivity index is -0.0000000933. The SMILES string of the molecule is O=S(=O)(O)O.[N-]=[N+]=N.[N-]=[N+]=[N-]. The topological polar surface area (TPSA) is 194 Å². The van der Waals surface area contributed by atoms with Crippen molar-refractivity contribution in [3.05, 3.63) is 26.4 Å². The maximum Gasteiger partial charge on any atom is 0.394 e. The molecule has 0 aromatic rings. The van der Waals surface area contributed by atoms with Gasteiger partial charge in [-0.3, -0.25) is 14.0 Å². The zero-order chi connectivity index (χ0) is 9.91. The molecule has 11 heavy (non-hydrogen) atoms. The van der Waals surface area contributed by atoms with E-state index in [4.69, 9.17) is 39.6 Å². The Morgan fingerprint density at radius 3 is 1.18 bits per heavy atom. The van der Waals surface area contributed by atoms with Crippen LogP contribution in [-0.4, -0.2) is 17.5 Å². The van der Waals surface area contributed by atoms with Crippen molar-refractivity contribution < 1.29 is 17.5 Å². The first-order valence-corrected chi connectivity index (χ1v) is 2.92. The summed E-state index contributed by atoms with van der Waals surface area (Å²) in [7, 11) is -4.67. The minimum atomic E-state index is -4.67. The highest BCUT2D eigenvalue weighted by Gasteiger charge is 1.84. The van der Waals surface area contributed by atoms with Crippen LogP contribution in [0.15, 0.2) is 0 Å². The zero-order valence-electron chi connectivity index (χ0n) is 4.86. The molecule has 0 saturated heterocycles. The van der Waals surface area contributed by atoms with E-state index in [0.29, 0.717) is 0 Å². The van der Waals surface area contributed by atoms with Crippen LogP contribution in [0.4, 0.5) is 0 Å². The molecule has 3 N–H and O–H groups in total. The van der Waals surface area contributed by atoms with Gasteiger partial charge in [0.2, 0.25) is 0 Å². The Kier molecular flexibility index (Phi) is 16.7. The van der Waals surface area contributed by atoms with Gasteiger partial charge in [-0.1, -0.05) is 0 Å². The number of nitrogens with zero attached hydrogens (tertiary/aromatic N) is 5. The van der Waals surface area contributed by atoms with Crippen molar-refractivity contribution in [1.82, 2.24) is 0 Å². The van der Waals surface area contributed by atoms with Crippen molar-refractivity contribution in [2.24, 2.45) is 0 Å². The summed E-state index contributed by atoms with van der Waals surface area (Å²) in [4.78, 5) is 3.25. The molecule has 0 unspecified atom stereocenters. The number of nitrogens with one attached hydrogen (secondary N) is 1. The highest BCUT2D eigenvalue weighted by Crippen LogP contribution is 1.59. The average molecular weight is 183 g/mol. The summed E-state index contributed by atoms with van der Waals surface area (Å²) in [6, 6.07) is 0. The van der Waals surface area contributed by atoms with Gasteiger partial charge in [0.25, 0.3) is 0 Å². The van der Waals surface area contributed by atoms with Gasteiger partial charge in [0.05, 0.1) is 0 Å². The van der Waals surface area contributed by atoms with Crippen LogP contribution < -0.4 is 0 Å². The van der Waals surface area contributed by atoms with Gasteiger partial charge >= 0.3 is 10.4 Å². The molecule has 0 heterocycles. The maximum absolute atomic E-state index is 8.74. The molecule has 0 fully saturated rings. The molecule has 0 rings (SSSR count). The lowest BCUT2D eigenvalue weighted by Gasteiger charge is -1.68. The van der Waals surface area contributed by atoms with Crippen LogP contribution in [0.3, 0.4) is 0 Å². The summed E-state index contributed by atoms with van der Waals surface area (Å²) in [6.45, 7) is 0. The summed E-state index contributed by atoms with van der Waals surface area (Å²) in [5.74, 6) is 0. The third-order valence-corrected chi connectivity index (χ3v) is 0. The first-order valence-electron chi connectivity index (χ1n) is 1.52. The number of hydrogen-bond acceptors (Lipinski definition) is 3. The second-order valence-electron chi connectivity index (χ2n) is 0.637. The molecule has 0 atom stereocenters. The summed E-state index contributed by atoms with van der Waals surface area (Å²) < 4.78 is 31.6. The standard InChI is InChI=1S/HN3.N3.H2O4S/c2*1-3-2;1-5(2,3)4/h1H;;(H2,1,2,3,4)/q;-1;. The third-order valence-electron chi connectivity index (χ3n) is 0.